The Morgan fingerprint density at radius 3 is 2.45 bits per heavy atom. The summed E-state index contributed by atoms with van der Waals surface area (Å²) >= 11 is 0. The van der Waals surface area contributed by atoms with Gasteiger partial charge in [0.05, 0.1) is 0 Å². The highest BCUT2D eigenvalue weighted by Gasteiger charge is 2.43. The van der Waals surface area contributed by atoms with Crippen molar-refractivity contribution in [1.29, 1.82) is 0 Å². The molecule has 2 aliphatic rings. The van der Waals surface area contributed by atoms with Gasteiger partial charge in [0.1, 0.15) is 17.1 Å². The number of aliphatic hydroxyl groups is 1. The third kappa shape index (κ3) is 4.56. The molecule has 0 aliphatic carbocycles. The summed E-state index contributed by atoms with van der Waals surface area (Å²) in [7, 11) is 0. The highest BCUT2D eigenvalue weighted by atomic mass is 16.5. The Kier molecular flexibility index (Phi) is 6.48. The van der Waals surface area contributed by atoms with Crippen LogP contribution in [0.1, 0.15) is 54.9 Å². The van der Waals surface area contributed by atoms with Crippen molar-refractivity contribution in [3.63, 3.8) is 0 Å². The third-order valence-corrected chi connectivity index (χ3v) is 6.06. The van der Waals surface area contributed by atoms with Crippen molar-refractivity contribution in [3.05, 3.63) is 71.7 Å². The van der Waals surface area contributed by atoms with Gasteiger partial charge in [0, 0.05) is 30.1 Å². The lowest BCUT2D eigenvalue weighted by atomic mass is 9.74. The topological polar surface area (TPSA) is 61.8 Å². The maximum Gasteiger partial charge on any atom is 0.253 e. The molecule has 1 amide bonds. The molecule has 0 saturated carbocycles. The van der Waals surface area contributed by atoms with Crippen molar-refractivity contribution in [3.8, 4) is 0 Å². The molecular formula is C24H32N2O3. The summed E-state index contributed by atoms with van der Waals surface area (Å²) in [5, 5.41) is 13.2. The summed E-state index contributed by atoms with van der Waals surface area (Å²) < 4.78 is 6.29. The van der Waals surface area contributed by atoms with Crippen molar-refractivity contribution >= 4 is 5.91 Å². The van der Waals surface area contributed by atoms with Crippen molar-refractivity contribution in [1.82, 2.24) is 10.2 Å². The molecule has 2 saturated heterocycles. The van der Waals surface area contributed by atoms with Crippen molar-refractivity contribution < 1.29 is 14.6 Å². The number of hydrogen-bond donors (Lipinski definition) is 2. The second-order valence-electron chi connectivity index (χ2n) is 7.91. The molecule has 1 spiro atoms. The van der Waals surface area contributed by atoms with Gasteiger partial charge < -0.3 is 20.1 Å². The van der Waals surface area contributed by atoms with Crippen molar-refractivity contribution in [2.75, 3.05) is 26.2 Å². The van der Waals surface area contributed by atoms with Gasteiger partial charge in [-0.15, -0.1) is 0 Å². The number of benzene rings is 1. The summed E-state index contributed by atoms with van der Waals surface area (Å²) in [5.74, 6) is 0.675. The predicted octanol–water partition coefficient (Wildman–Crippen LogP) is 4.31. The standard InChI is InChI=1S/C24H32N2O3/c1-5-26(6-2)23(28)20-9-7-19(8-10-20)22-16-24(11-13-25-14-12-24)29-18(4)21(22)15-17(3)27/h7-10,15,22,25,27H,3-6,11-14,16H2,1-2H3/b21-15+. The van der Waals surface area contributed by atoms with E-state index in [1.165, 1.54) is 0 Å². The molecule has 29 heavy (non-hydrogen) atoms. The fraction of sp³-hybridized carbons (Fsp3) is 0.458. The third-order valence-electron chi connectivity index (χ3n) is 6.06. The number of amides is 1. The Morgan fingerprint density at radius 1 is 1.28 bits per heavy atom. The molecule has 5 heteroatoms. The minimum Gasteiger partial charge on any atom is -0.509 e. The molecule has 3 rings (SSSR count). The van der Waals surface area contributed by atoms with Crippen molar-refractivity contribution in [2.45, 2.75) is 44.6 Å². The minimum atomic E-state index is -0.239. The molecular weight excluding hydrogens is 364 g/mol. The van der Waals surface area contributed by atoms with E-state index in [1.54, 1.807) is 6.08 Å². The lowest BCUT2D eigenvalue weighted by Crippen LogP contribution is -2.47. The van der Waals surface area contributed by atoms with Crippen LogP contribution in [0.2, 0.25) is 0 Å². The molecule has 2 N–H and O–H groups in total. The Balaban J connectivity index is 1.92. The van der Waals surface area contributed by atoms with Gasteiger partial charge in [-0.3, -0.25) is 4.79 Å². The number of ether oxygens (including phenoxy) is 1. The van der Waals surface area contributed by atoms with Gasteiger partial charge in [-0.1, -0.05) is 25.3 Å². The molecule has 156 valence electrons. The maximum atomic E-state index is 12.6. The number of nitrogens with one attached hydrogen (secondary N) is 1. The van der Waals surface area contributed by atoms with Gasteiger partial charge in [-0.2, -0.15) is 0 Å². The van der Waals surface area contributed by atoms with Crippen LogP contribution in [0.15, 0.2) is 60.6 Å². The number of nitrogens with zero attached hydrogens (tertiary/aromatic N) is 1. The molecule has 0 aromatic heterocycles. The van der Waals surface area contributed by atoms with Crippen LogP contribution in [0.25, 0.3) is 0 Å². The van der Waals surface area contributed by atoms with Crippen molar-refractivity contribution in [2.24, 2.45) is 0 Å². The molecule has 1 unspecified atom stereocenters. The molecule has 0 radical (unpaired) electrons. The number of aliphatic hydroxyl groups excluding tert-OH is 1. The van der Waals surface area contributed by atoms with E-state index in [0.29, 0.717) is 24.4 Å². The van der Waals surface area contributed by atoms with Gasteiger partial charge in [-0.05, 0) is 70.0 Å². The summed E-state index contributed by atoms with van der Waals surface area (Å²) in [6.45, 7) is 15.0. The Labute approximate surface area is 173 Å². The normalized spacial score (nSPS) is 22.3. The van der Waals surface area contributed by atoms with Gasteiger partial charge >= 0.3 is 0 Å². The van der Waals surface area contributed by atoms with Crippen LogP contribution in [0.3, 0.4) is 0 Å². The van der Waals surface area contributed by atoms with Crippen LogP contribution in [0.5, 0.6) is 0 Å². The largest absolute Gasteiger partial charge is 0.509 e. The quantitative estimate of drug-likeness (QED) is 0.728. The predicted molar refractivity (Wildman–Crippen MR) is 116 cm³/mol. The molecule has 1 aromatic carbocycles. The van der Waals surface area contributed by atoms with E-state index < -0.39 is 0 Å². The van der Waals surface area contributed by atoms with E-state index in [-0.39, 0.29) is 23.2 Å². The van der Waals surface area contributed by atoms with E-state index in [1.807, 2.05) is 43.0 Å². The van der Waals surface area contributed by atoms with Gasteiger partial charge in [0.2, 0.25) is 0 Å². The van der Waals surface area contributed by atoms with E-state index in [2.05, 4.69) is 18.5 Å². The smallest absolute Gasteiger partial charge is 0.253 e. The number of piperidine rings is 1. The first-order valence-corrected chi connectivity index (χ1v) is 10.5. The molecule has 2 heterocycles. The SMILES string of the molecule is C=C(O)/C=C1\C(=C)OC2(CCNCC2)CC1c1ccc(C(=O)N(CC)CC)cc1. The molecule has 1 aromatic rings. The average Bonchev–Trinajstić information content (AvgIpc) is 2.71. The monoisotopic (exact) mass is 396 g/mol. The van der Waals surface area contributed by atoms with Crippen LogP contribution in [-0.4, -0.2) is 47.7 Å². The number of allylic oxidation sites excluding steroid dienone is 2. The van der Waals surface area contributed by atoms with Crippen LogP contribution in [0, 0.1) is 0 Å². The summed E-state index contributed by atoms with van der Waals surface area (Å²) in [5.41, 5.74) is 2.40. The summed E-state index contributed by atoms with van der Waals surface area (Å²) in [4.78, 5) is 14.4. The number of carbonyl (C=O) groups excluding carboxylic acids is 1. The number of rotatable bonds is 5. The van der Waals surface area contributed by atoms with Crippen LogP contribution < -0.4 is 5.32 Å². The maximum absolute atomic E-state index is 12.6. The van der Waals surface area contributed by atoms with Crippen LogP contribution in [0.4, 0.5) is 0 Å². The zero-order valence-corrected chi connectivity index (χ0v) is 17.5. The van der Waals surface area contributed by atoms with Crippen LogP contribution in [-0.2, 0) is 4.74 Å². The zero-order chi connectivity index (χ0) is 21.0. The first kappa shape index (κ1) is 21.2. The second-order valence-corrected chi connectivity index (χ2v) is 7.91. The molecule has 5 nitrogen and oxygen atoms in total. The number of hydrogen-bond acceptors (Lipinski definition) is 4. The lowest BCUT2D eigenvalue weighted by molar-refractivity contribution is -0.0448. The van der Waals surface area contributed by atoms with E-state index >= 15 is 0 Å². The fourth-order valence-corrected chi connectivity index (χ4v) is 4.44. The number of carbonyl (C=O) groups is 1. The first-order chi connectivity index (χ1) is 13.9. The molecule has 1 atom stereocenters. The van der Waals surface area contributed by atoms with E-state index in [4.69, 9.17) is 4.74 Å². The molecule has 0 bridgehead atoms. The minimum absolute atomic E-state index is 0.00987. The Hall–Kier alpha value is -2.53. The Bertz CT molecular complexity index is 800. The van der Waals surface area contributed by atoms with Crippen LogP contribution >= 0.6 is 0 Å². The fourth-order valence-electron chi connectivity index (χ4n) is 4.44. The van der Waals surface area contributed by atoms with E-state index in [0.717, 1.165) is 43.5 Å². The Morgan fingerprint density at radius 2 is 1.90 bits per heavy atom. The molecule has 2 aliphatic heterocycles. The average molecular weight is 397 g/mol. The van der Waals surface area contributed by atoms with E-state index in [9.17, 15) is 9.90 Å². The summed E-state index contributed by atoms with van der Waals surface area (Å²) in [6.07, 6.45) is 4.31. The van der Waals surface area contributed by atoms with Gasteiger partial charge in [0.15, 0.2) is 0 Å². The second kappa shape index (κ2) is 8.87. The highest BCUT2D eigenvalue weighted by Crippen LogP contribution is 2.47. The van der Waals surface area contributed by atoms with Gasteiger partial charge in [-0.25, -0.2) is 0 Å². The highest BCUT2D eigenvalue weighted by molar-refractivity contribution is 5.94. The summed E-state index contributed by atoms with van der Waals surface area (Å²) in [6, 6.07) is 7.83. The molecule has 2 fully saturated rings. The first-order valence-electron chi connectivity index (χ1n) is 10.5. The lowest BCUT2D eigenvalue weighted by Gasteiger charge is -2.46. The zero-order valence-electron chi connectivity index (χ0n) is 17.5. The van der Waals surface area contributed by atoms with Gasteiger partial charge in [0.25, 0.3) is 5.91 Å².